The third kappa shape index (κ3) is 3.59. The highest BCUT2D eigenvalue weighted by Gasteiger charge is 2.34. The first kappa shape index (κ1) is 21.0. The molecule has 170 valence electrons. The van der Waals surface area contributed by atoms with E-state index in [1.54, 1.807) is 29.1 Å². The zero-order valence-corrected chi connectivity index (χ0v) is 19.1. The molecule has 0 spiro atoms. The topological polar surface area (TPSA) is 98.3 Å². The number of carboxylic acids is 1. The number of aromatic nitrogens is 5. The molecule has 1 N–H and O–H groups in total. The van der Waals surface area contributed by atoms with Gasteiger partial charge in [0.1, 0.15) is 12.4 Å². The highest BCUT2D eigenvalue weighted by atomic mass is 16.5. The van der Waals surface area contributed by atoms with E-state index in [4.69, 9.17) is 14.7 Å². The monoisotopic (exact) mass is 446 g/mol. The minimum absolute atomic E-state index is 0.143. The van der Waals surface area contributed by atoms with E-state index in [-0.39, 0.29) is 11.1 Å². The molecule has 1 aromatic carbocycles. The van der Waals surface area contributed by atoms with Crippen molar-refractivity contribution in [2.45, 2.75) is 32.9 Å². The molecule has 9 heteroatoms. The first-order chi connectivity index (χ1) is 15.8. The second kappa shape index (κ2) is 7.61. The second-order valence-electron chi connectivity index (χ2n) is 8.90. The number of aryl methyl sites for hydroxylation is 1. The molecule has 0 fully saturated rings. The molecule has 0 unspecified atom stereocenters. The molecule has 0 atom stereocenters. The number of carbonyl (C=O) groups is 1. The summed E-state index contributed by atoms with van der Waals surface area (Å²) in [6.07, 6.45) is 3.70. The summed E-state index contributed by atoms with van der Waals surface area (Å²) in [5.41, 5.74) is 3.17. The third-order valence-corrected chi connectivity index (χ3v) is 6.06. The largest absolute Gasteiger partial charge is 0.487 e. The van der Waals surface area contributed by atoms with Crippen LogP contribution < -0.4 is 9.64 Å². The molecule has 0 amide bonds. The van der Waals surface area contributed by atoms with Crippen molar-refractivity contribution in [2.75, 3.05) is 18.1 Å². The van der Waals surface area contributed by atoms with E-state index in [0.29, 0.717) is 24.5 Å². The summed E-state index contributed by atoms with van der Waals surface area (Å²) in [5.74, 6) is 1.24. The van der Waals surface area contributed by atoms with Gasteiger partial charge in [-0.1, -0.05) is 0 Å². The van der Waals surface area contributed by atoms with Gasteiger partial charge in [0.15, 0.2) is 11.6 Å². The van der Waals surface area contributed by atoms with Crippen LogP contribution in [0.4, 0.5) is 5.82 Å². The highest BCUT2D eigenvalue weighted by Crippen LogP contribution is 2.39. The van der Waals surface area contributed by atoms with Crippen molar-refractivity contribution < 1.29 is 14.6 Å². The van der Waals surface area contributed by atoms with E-state index >= 15 is 0 Å². The summed E-state index contributed by atoms with van der Waals surface area (Å²) in [6, 6.07) is 8.91. The minimum Gasteiger partial charge on any atom is -0.487 e. The number of aromatic carboxylic acids is 1. The Balaban J connectivity index is 1.65. The van der Waals surface area contributed by atoms with Crippen molar-refractivity contribution in [3.8, 4) is 17.1 Å². The Labute approximate surface area is 191 Å². The number of anilines is 1. The van der Waals surface area contributed by atoms with Crippen LogP contribution in [0.25, 0.3) is 22.4 Å². The molecule has 4 heterocycles. The smallest absolute Gasteiger partial charge is 0.335 e. The molecule has 4 aromatic rings. The van der Waals surface area contributed by atoms with Crippen LogP contribution in [-0.2, 0) is 13.6 Å². The highest BCUT2D eigenvalue weighted by molar-refractivity contribution is 5.93. The summed E-state index contributed by atoms with van der Waals surface area (Å²) < 4.78 is 9.88. The van der Waals surface area contributed by atoms with E-state index in [1.807, 2.05) is 29.9 Å². The number of carboxylic acid groups (broad SMARTS) is 1. The zero-order chi connectivity index (χ0) is 23.3. The van der Waals surface area contributed by atoms with Crippen molar-refractivity contribution in [1.82, 2.24) is 24.3 Å². The van der Waals surface area contributed by atoms with Gasteiger partial charge in [0, 0.05) is 31.5 Å². The quantitative estimate of drug-likeness (QED) is 0.500. The maximum absolute atomic E-state index is 11.5. The molecule has 0 radical (unpaired) electrons. The number of benzene rings is 1. The van der Waals surface area contributed by atoms with Crippen LogP contribution in [0, 0.1) is 0 Å². The standard InChI is InChI=1S/C24H26N6O3/c1-5-30-22-20(33-14-24(30,2)3)11-16(12-25-22)21-26-18-10-15(23(31)32)6-7-19(18)29(21)13-17-8-9-28(4)27-17/h6-12H,5,13-14H2,1-4H3,(H,31,32). The Bertz CT molecular complexity index is 1370. The second-order valence-corrected chi connectivity index (χ2v) is 8.90. The lowest BCUT2D eigenvalue weighted by Crippen LogP contribution is -2.51. The Morgan fingerprint density at radius 3 is 2.76 bits per heavy atom. The van der Waals surface area contributed by atoms with Gasteiger partial charge in [-0.05, 0) is 51.1 Å². The first-order valence-electron chi connectivity index (χ1n) is 10.9. The van der Waals surface area contributed by atoms with Crippen LogP contribution in [0.1, 0.15) is 36.8 Å². The number of hydrogen-bond donors (Lipinski definition) is 1. The van der Waals surface area contributed by atoms with Gasteiger partial charge in [-0.15, -0.1) is 0 Å². The lowest BCUT2D eigenvalue weighted by Gasteiger charge is -2.43. The molecular formula is C24H26N6O3. The number of nitrogens with zero attached hydrogens (tertiary/aromatic N) is 6. The molecule has 9 nitrogen and oxygen atoms in total. The molecule has 0 aliphatic carbocycles. The summed E-state index contributed by atoms with van der Waals surface area (Å²) in [7, 11) is 1.88. The van der Waals surface area contributed by atoms with E-state index in [9.17, 15) is 9.90 Å². The number of hydrogen-bond acceptors (Lipinski definition) is 6. The zero-order valence-electron chi connectivity index (χ0n) is 19.1. The van der Waals surface area contributed by atoms with Crippen LogP contribution in [0.2, 0.25) is 0 Å². The number of pyridine rings is 1. The molecule has 0 saturated heterocycles. The van der Waals surface area contributed by atoms with E-state index in [1.165, 1.54) is 0 Å². The molecule has 33 heavy (non-hydrogen) atoms. The van der Waals surface area contributed by atoms with Gasteiger partial charge >= 0.3 is 5.97 Å². The predicted molar refractivity (Wildman–Crippen MR) is 125 cm³/mol. The fourth-order valence-electron chi connectivity index (χ4n) is 4.42. The van der Waals surface area contributed by atoms with Crippen molar-refractivity contribution in [1.29, 1.82) is 0 Å². The summed E-state index contributed by atoms with van der Waals surface area (Å²) >= 11 is 0. The Kier molecular flexibility index (Phi) is 4.84. The summed E-state index contributed by atoms with van der Waals surface area (Å²) in [4.78, 5) is 23.3. The molecule has 0 saturated carbocycles. The van der Waals surface area contributed by atoms with Crippen LogP contribution >= 0.6 is 0 Å². The normalized spacial score (nSPS) is 14.8. The number of likely N-dealkylation sites (N-methyl/N-ethyl adjacent to an activating group) is 1. The Morgan fingerprint density at radius 2 is 2.06 bits per heavy atom. The number of imidazole rings is 1. The van der Waals surface area contributed by atoms with Gasteiger partial charge in [0.25, 0.3) is 0 Å². The van der Waals surface area contributed by atoms with Gasteiger partial charge in [-0.2, -0.15) is 5.10 Å². The summed E-state index contributed by atoms with van der Waals surface area (Å²) in [6.45, 7) is 8.27. The summed E-state index contributed by atoms with van der Waals surface area (Å²) in [5, 5.41) is 13.9. The van der Waals surface area contributed by atoms with Gasteiger partial charge in [-0.3, -0.25) is 4.68 Å². The van der Waals surface area contributed by atoms with E-state index in [0.717, 1.165) is 34.9 Å². The molecular weight excluding hydrogens is 420 g/mol. The Hall–Kier alpha value is -3.88. The fraction of sp³-hybridized carbons (Fsp3) is 0.333. The van der Waals surface area contributed by atoms with Crippen LogP contribution in [0.5, 0.6) is 5.75 Å². The van der Waals surface area contributed by atoms with Crippen LogP contribution in [-0.4, -0.2) is 54.1 Å². The number of fused-ring (bicyclic) bond motifs is 2. The SMILES string of the molecule is CCN1c2ncc(-c3nc4cc(C(=O)O)ccc4n3Cc3ccn(C)n3)cc2OCC1(C)C. The third-order valence-electron chi connectivity index (χ3n) is 6.06. The fourth-order valence-corrected chi connectivity index (χ4v) is 4.42. The minimum atomic E-state index is -0.983. The molecule has 1 aliphatic heterocycles. The van der Waals surface area contributed by atoms with E-state index < -0.39 is 5.97 Å². The average Bonchev–Trinajstić information content (AvgIpc) is 3.36. The maximum atomic E-state index is 11.5. The van der Waals surface area contributed by atoms with Crippen molar-refractivity contribution in [2.24, 2.45) is 7.05 Å². The van der Waals surface area contributed by atoms with Gasteiger partial charge in [0.2, 0.25) is 0 Å². The van der Waals surface area contributed by atoms with Gasteiger partial charge < -0.3 is 19.3 Å². The Morgan fingerprint density at radius 1 is 1.24 bits per heavy atom. The number of ether oxygens (including phenoxy) is 1. The van der Waals surface area contributed by atoms with Gasteiger partial charge in [-0.25, -0.2) is 14.8 Å². The van der Waals surface area contributed by atoms with E-state index in [2.05, 4.69) is 30.8 Å². The van der Waals surface area contributed by atoms with Crippen LogP contribution in [0.3, 0.4) is 0 Å². The maximum Gasteiger partial charge on any atom is 0.335 e. The van der Waals surface area contributed by atoms with Crippen molar-refractivity contribution in [3.05, 3.63) is 54.0 Å². The van der Waals surface area contributed by atoms with Crippen molar-refractivity contribution >= 4 is 22.8 Å². The molecule has 5 rings (SSSR count). The lowest BCUT2D eigenvalue weighted by molar-refractivity contribution is 0.0697. The molecule has 3 aromatic heterocycles. The van der Waals surface area contributed by atoms with Crippen LogP contribution in [0.15, 0.2) is 42.7 Å². The van der Waals surface area contributed by atoms with Crippen molar-refractivity contribution in [3.63, 3.8) is 0 Å². The first-order valence-corrected chi connectivity index (χ1v) is 10.9. The average molecular weight is 447 g/mol. The molecule has 1 aliphatic rings. The number of rotatable bonds is 5. The predicted octanol–water partition coefficient (Wildman–Crippen LogP) is 3.58. The van der Waals surface area contributed by atoms with Gasteiger partial charge in [0.05, 0.1) is 34.4 Å². The molecule has 0 bridgehead atoms. The lowest BCUT2D eigenvalue weighted by atomic mass is 10.0.